The van der Waals surface area contributed by atoms with E-state index < -0.39 is 0 Å². The highest BCUT2D eigenvalue weighted by atomic mass is 16.5. The van der Waals surface area contributed by atoms with Crippen LogP contribution >= 0.6 is 0 Å². The Labute approximate surface area is 140 Å². The van der Waals surface area contributed by atoms with Gasteiger partial charge in [0.2, 0.25) is 0 Å². The van der Waals surface area contributed by atoms with Crippen LogP contribution in [-0.2, 0) is 9.53 Å². The predicted octanol–water partition coefficient (Wildman–Crippen LogP) is 5.39. The molecule has 0 unspecified atom stereocenters. The van der Waals surface area contributed by atoms with Crippen LogP contribution in [0.1, 0.15) is 63.9 Å². The van der Waals surface area contributed by atoms with Gasteiger partial charge in [-0.3, -0.25) is 0 Å². The summed E-state index contributed by atoms with van der Waals surface area (Å²) in [5.41, 5.74) is 0.954. The molecule has 0 N–H and O–H groups in total. The molecule has 0 radical (unpaired) electrons. The second kappa shape index (κ2) is 12.7. The van der Waals surface area contributed by atoms with E-state index in [2.05, 4.69) is 11.7 Å². The highest BCUT2D eigenvalue weighted by Crippen LogP contribution is 2.14. The van der Waals surface area contributed by atoms with E-state index >= 15 is 0 Å². The summed E-state index contributed by atoms with van der Waals surface area (Å²) in [4.78, 5) is 11.0. The molecule has 0 aliphatic heterocycles. The van der Waals surface area contributed by atoms with E-state index in [4.69, 9.17) is 4.74 Å². The third-order valence-corrected chi connectivity index (χ3v) is 3.76. The molecule has 0 atom stereocenters. The van der Waals surface area contributed by atoms with Gasteiger partial charge in [0.25, 0.3) is 0 Å². The molecule has 0 aliphatic rings. The maximum atomic E-state index is 11.0. The zero-order valence-electron chi connectivity index (χ0n) is 14.6. The normalized spacial score (nSPS) is 10.9. The first-order valence-electron chi connectivity index (χ1n) is 8.75. The fourth-order valence-corrected chi connectivity index (χ4v) is 2.33. The van der Waals surface area contributed by atoms with Crippen LogP contribution in [0.2, 0.25) is 0 Å². The Morgan fingerprint density at radius 2 is 1.57 bits per heavy atom. The van der Waals surface area contributed by atoms with Gasteiger partial charge in [0.1, 0.15) is 5.75 Å². The van der Waals surface area contributed by atoms with Crippen molar-refractivity contribution < 1.29 is 14.3 Å². The zero-order chi connectivity index (χ0) is 16.8. The summed E-state index contributed by atoms with van der Waals surface area (Å²) >= 11 is 0. The van der Waals surface area contributed by atoms with Crippen molar-refractivity contribution in [1.29, 1.82) is 0 Å². The van der Waals surface area contributed by atoms with Gasteiger partial charge in [0, 0.05) is 6.08 Å². The number of esters is 1. The number of carbonyl (C=O) groups is 1. The summed E-state index contributed by atoms with van der Waals surface area (Å²) in [5.74, 6) is 0.531. The average Bonchev–Trinajstić information content (AvgIpc) is 2.59. The number of methoxy groups -OCH3 is 1. The SMILES string of the molecule is CCCCCCCCCCOc1ccc(C=CC(=O)OC)cc1. The molecule has 1 rings (SSSR count). The molecule has 1 aromatic rings. The lowest BCUT2D eigenvalue weighted by Gasteiger charge is -2.06. The molecule has 0 bridgehead atoms. The summed E-state index contributed by atoms with van der Waals surface area (Å²) in [5, 5.41) is 0. The van der Waals surface area contributed by atoms with E-state index in [9.17, 15) is 4.79 Å². The van der Waals surface area contributed by atoms with Crippen molar-refractivity contribution in [3.8, 4) is 5.75 Å². The van der Waals surface area contributed by atoms with Crippen molar-refractivity contribution in [1.82, 2.24) is 0 Å². The summed E-state index contributed by atoms with van der Waals surface area (Å²) in [6, 6.07) is 7.73. The molecule has 3 nitrogen and oxygen atoms in total. The minimum absolute atomic E-state index is 0.347. The molecule has 0 amide bonds. The summed E-state index contributed by atoms with van der Waals surface area (Å²) in [6.07, 6.45) is 13.6. The third-order valence-electron chi connectivity index (χ3n) is 3.76. The monoisotopic (exact) mass is 318 g/mol. The Hall–Kier alpha value is -1.77. The Morgan fingerprint density at radius 1 is 0.957 bits per heavy atom. The first-order chi connectivity index (χ1) is 11.3. The third kappa shape index (κ3) is 9.77. The first-order valence-corrected chi connectivity index (χ1v) is 8.75. The fraction of sp³-hybridized carbons (Fsp3) is 0.550. The van der Waals surface area contributed by atoms with Crippen molar-refractivity contribution in [2.45, 2.75) is 58.3 Å². The Kier molecular flexibility index (Phi) is 10.7. The van der Waals surface area contributed by atoms with Crippen LogP contribution in [0.4, 0.5) is 0 Å². The van der Waals surface area contributed by atoms with Crippen LogP contribution in [0.25, 0.3) is 6.08 Å². The number of hydrogen-bond acceptors (Lipinski definition) is 3. The van der Waals surface area contributed by atoms with Gasteiger partial charge in [-0.15, -0.1) is 0 Å². The molecule has 3 heteroatoms. The summed E-state index contributed by atoms with van der Waals surface area (Å²) in [7, 11) is 1.37. The van der Waals surface area contributed by atoms with Crippen LogP contribution in [0.15, 0.2) is 30.3 Å². The van der Waals surface area contributed by atoms with Gasteiger partial charge >= 0.3 is 5.97 Å². The van der Waals surface area contributed by atoms with E-state index in [1.54, 1.807) is 6.08 Å². The molecule has 0 spiro atoms. The second-order valence-electron chi connectivity index (χ2n) is 5.75. The minimum atomic E-state index is -0.347. The zero-order valence-corrected chi connectivity index (χ0v) is 14.6. The number of benzene rings is 1. The Morgan fingerprint density at radius 3 is 2.17 bits per heavy atom. The minimum Gasteiger partial charge on any atom is -0.494 e. The smallest absolute Gasteiger partial charge is 0.330 e. The molecule has 0 fully saturated rings. The van der Waals surface area contributed by atoms with Gasteiger partial charge in [0.15, 0.2) is 0 Å². The van der Waals surface area contributed by atoms with E-state index in [-0.39, 0.29) is 5.97 Å². The van der Waals surface area contributed by atoms with Crippen molar-refractivity contribution in [2.75, 3.05) is 13.7 Å². The molecule has 0 saturated carbocycles. The number of hydrogen-bond donors (Lipinski definition) is 0. The number of unbranched alkanes of at least 4 members (excludes halogenated alkanes) is 7. The topological polar surface area (TPSA) is 35.5 Å². The fourth-order valence-electron chi connectivity index (χ4n) is 2.33. The van der Waals surface area contributed by atoms with Crippen LogP contribution in [-0.4, -0.2) is 19.7 Å². The van der Waals surface area contributed by atoms with Crippen molar-refractivity contribution >= 4 is 12.0 Å². The molecule has 0 aromatic heterocycles. The van der Waals surface area contributed by atoms with Crippen LogP contribution in [0.5, 0.6) is 5.75 Å². The van der Waals surface area contributed by atoms with Crippen molar-refractivity contribution in [3.05, 3.63) is 35.9 Å². The Balaban J connectivity index is 2.11. The lowest BCUT2D eigenvalue weighted by molar-refractivity contribution is -0.134. The van der Waals surface area contributed by atoms with E-state index in [0.717, 1.165) is 24.3 Å². The lowest BCUT2D eigenvalue weighted by atomic mass is 10.1. The number of ether oxygens (including phenoxy) is 2. The van der Waals surface area contributed by atoms with Crippen LogP contribution in [0.3, 0.4) is 0 Å². The molecule has 1 aromatic carbocycles. The predicted molar refractivity (Wildman–Crippen MR) is 95.6 cm³/mol. The summed E-state index contributed by atoms with van der Waals surface area (Å²) in [6.45, 7) is 3.02. The second-order valence-corrected chi connectivity index (χ2v) is 5.75. The van der Waals surface area contributed by atoms with Gasteiger partial charge in [-0.2, -0.15) is 0 Å². The van der Waals surface area contributed by atoms with Gasteiger partial charge < -0.3 is 9.47 Å². The van der Waals surface area contributed by atoms with E-state index in [1.807, 2.05) is 24.3 Å². The highest BCUT2D eigenvalue weighted by molar-refractivity contribution is 5.86. The summed E-state index contributed by atoms with van der Waals surface area (Å²) < 4.78 is 10.3. The van der Waals surface area contributed by atoms with Gasteiger partial charge in [-0.25, -0.2) is 4.79 Å². The average molecular weight is 318 g/mol. The largest absolute Gasteiger partial charge is 0.494 e. The van der Waals surface area contributed by atoms with E-state index in [0.29, 0.717) is 0 Å². The van der Waals surface area contributed by atoms with Crippen LogP contribution < -0.4 is 4.74 Å². The number of rotatable bonds is 12. The van der Waals surface area contributed by atoms with E-state index in [1.165, 1.54) is 58.1 Å². The van der Waals surface area contributed by atoms with Gasteiger partial charge in [-0.05, 0) is 30.2 Å². The standard InChI is InChI=1S/C20H30O3/c1-3-4-5-6-7-8-9-10-17-23-19-14-11-18(12-15-19)13-16-20(21)22-2/h11-16H,3-10,17H2,1-2H3. The van der Waals surface area contributed by atoms with Gasteiger partial charge in [0.05, 0.1) is 13.7 Å². The quantitative estimate of drug-likeness (QED) is 0.294. The molecule has 23 heavy (non-hydrogen) atoms. The van der Waals surface area contributed by atoms with Crippen molar-refractivity contribution in [2.24, 2.45) is 0 Å². The molecule has 0 aliphatic carbocycles. The molecular formula is C20H30O3. The maximum Gasteiger partial charge on any atom is 0.330 e. The lowest BCUT2D eigenvalue weighted by Crippen LogP contribution is -1.97. The van der Waals surface area contributed by atoms with Gasteiger partial charge in [-0.1, -0.05) is 64.0 Å². The molecule has 128 valence electrons. The molecule has 0 heterocycles. The maximum absolute atomic E-state index is 11.0. The Bertz CT molecular complexity index is 448. The molecular weight excluding hydrogens is 288 g/mol. The first kappa shape index (κ1) is 19.3. The highest BCUT2D eigenvalue weighted by Gasteiger charge is 1.96. The number of carbonyl (C=O) groups excluding carboxylic acids is 1. The van der Waals surface area contributed by atoms with Crippen LogP contribution in [0, 0.1) is 0 Å². The molecule has 0 saturated heterocycles. The van der Waals surface area contributed by atoms with Crippen molar-refractivity contribution in [3.63, 3.8) is 0 Å².